The van der Waals surface area contributed by atoms with Crippen LogP contribution in [-0.4, -0.2) is 35.0 Å². The third-order valence-corrected chi connectivity index (χ3v) is 1.73. The number of nitrogens with zero attached hydrogens (tertiary/aromatic N) is 1. The van der Waals surface area contributed by atoms with Gasteiger partial charge in [0.1, 0.15) is 5.78 Å². The number of carboxylic acid groups (broad SMARTS) is 1. The number of Topliss-reactive ketones (excluding diaryl/α,β-unsaturated/α-hetero) is 1. The van der Waals surface area contributed by atoms with E-state index in [1.165, 1.54) is 11.8 Å². The number of amides is 1. The predicted octanol–water partition coefficient (Wildman–Crippen LogP) is 0.185. The Labute approximate surface area is 58.4 Å². The SMILES string of the molecule is CC(=O)C1CN(C(=O)O)C1. The Hall–Kier alpha value is -1.06. The van der Waals surface area contributed by atoms with Crippen LogP contribution in [0.3, 0.4) is 0 Å². The van der Waals surface area contributed by atoms with Gasteiger partial charge in [0.05, 0.1) is 5.92 Å². The second-order valence-corrected chi connectivity index (χ2v) is 2.50. The minimum Gasteiger partial charge on any atom is -0.465 e. The zero-order valence-electron chi connectivity index (χ0n) is 5.70. The number of likely N-dealkylation sites (tertiary alicyclic amines) is 1. The quantitative estimate of drug-likeness (QED) is 0.569. The normalized spacial score (nSPS) is 18.3. The summed E-state index contributed by atoms with van der Waals surface area (Å²) in [6.07, 6.45) is -0.933. The molecule has 1 heterocycles. The molecule has 0 radical (unpaired) electrons. The lowest BCUT2D eigenvalue weighted by Gasteiger charge is -2.35. The minimum atomic E-state index is -0.933. The Morgan fingerprint density at radius 3 is 2.30 bits per heavy atom. The largest absolute Gasteiger partial charge is 0.465 e. The molecule has 1 aliphatic heterocycles. The number of carbonyl (C=O) groups excluding carboxylic acids is 1. The van der Waals surface area contributed by atoms with Gasteiger partial charge in [-0.2, -0.15) is 0 Å². The van der Waals surface area contributed by atoms with Crippen molar-refractivity contribution >= 4 is 11.9 Å². The number of hydrogen-bond donors (Lipinski definition) is 1. The molecule has 1 saturated heterocycles. The molecule has 0 aliphatic carbocycles. The van der Waals surface area contributed by atoms with Crippen LogP contribution < -0.4 is 0 Å². The minimum absolute atomic E-state index is 0.0453. The molecular formula is C6H9NO3. The van der Waals surface area contributed by atoms with Crippen molar-refractivity contribution in [1.82, 2.24) is 4.90 Å². The third-order valence-electron chi connectivity index (χ3n) is 1.73. The van der Waals surface area contributed by atoms with Gasteiger partial charge in [0.15, 0.2) is 0 Å². The monoisotopic (exact) mass is 143 g/mol. The van der Waals surface area contributed by atoms with Gasteiger partial charge in [0, 0.05) is 13.1 Å². The fourth-order valence-corrected chi connectivity index (χ4v) is 0.892. The lowest BCUT2D eigenvalue weighted by atomic mass is 9.97. The maximum Gasteiger partial charge on any atom is 0.407 e. The smallest absolute Gasteiger partial charge is 0.407 e. The van der Waals surface area contributed by atoms with Crippen molar-refractivity contribution in [2.45, 2.75) is 6.92 Å². The van der Waals surface area contributed by atoms with Crippen molar-refractivity contribution in [1.29, 1.82) is 0 Å². The molecular weight excluding hydrogens is 134 g/mol. The van der Waals surface area contributed by atoms with Crippen LogP contribution in [0.1, 0.15) is 6.92 Å². The van der Waals surface area contributed by atoms with E-state index in [2.05, 4.69) is 0 Å². The molecule has 1 amide bonds. The molecule has 0 bridgehead atoms. The average Bonchev–Trinajstić information content (AvgIpc) is 1.56. The molecule has 56 valence electrons. The summed E-state index contributed by atoms with van der Waals surface area (Å²) < 4.78 is 0. The average molecular weight is 143 g/mol. The van der Waals surface area contributed by atoms with Crippen molar-refractivity contribution in [3.63, 3.8) is 0 Å². The van der Waals surface area contributed by atoms with E-state index in [0.717, 1.165) is 0 Å². The highest BCUT2D eigenvalue weighted by atomic mass is 16.4. The molecule has 0 aromatic rings. The van der Waals surface area contributed by atoms with Crippen LogP contribution >= 0.6 is 0 Å². The van der Waals surface area contributed by atoms with Gasteiger partial charge in [-0.05, 0) is 6.92 Å². The highest BCUT2D eigenvalue weighted by Crippen LogP contribution is 2.15. The molecule has 10 heavy (non-hydrogen) atoms. The van der Waals surface area contributed by atoms with Gasteiger partial charge in [-0.1, -0.05) is 0 Å². The summed E-state index contributed by atoms with van der Waals surface area (Å²) in [6.45, 7) is 2.25. The molecule has 4 nitrogen and oxygen atoms in total. The van der Waals surface area contributed by atoms with Crippen LogP contribution in [0, 0.1) is 5.92 Å². The van der Waals surface area contributed by atoms with Gasteiger partial charge in [-0.15, -0.1) is 0 Å². The first-order valence-corrected chi connectivity index (χ1v) is 3.09. The summed E-state index contributed by atoms with van der Waals surface area (Å²) in [5, 5.41) is 8.35. The van der Waals surface area contributed by atoms with Gasteiger partial charge in [0.25, 0.3) is 0 Å². The summed E-state index contributed by atoms with van der Waals surface area (Å²) in [5.41, 5.74) is 0. The molecule has 1 fully saturated rings. The van der Waals surface area contributed by atoms with E-state index in [0.29, 0.717) is 13.1 Å². The highest BCUT2D eigenvalue weighted by Gasteiger charge is 2.33. The van der Waals surface area contributed by atoms with Crippen LogP contribution in [0.25, 0.3) is 0 Å². The first kappa shape index (κ1) is 7.05. The molecule has 4 heteroatoms. The molecule has 0 spiro atoms. The van der Waals surface area contributed by atoms with Gasteiger partial charge < -0.3 is 10.0 Å². The van der Waals surface area contributed by atoms with Crippen LogP contribution in [0.5, 0.6) is 0 Å². The first-order valence-electron chi connectivity index (χ1n) is 3.09. The van der Waals surface area contributed by atoms with Crippen molar-refractivity contribution in [2.24, 2.45) is 5.92 Å². The van der Waals surface area contributed by atoms with Gasteiger partial charge in [0.2, 0.25) is 0 Å². The Bertz CT molecular complexity index is 154. The Kier molecular flexibility index (Phi) is 1.61. The van der Waals surface area contributed by atoms with Crippen LogP contribution in [-0.2, 0) is 4.79 Å². The number of carbonyl (C=O) groups is 2. The fraction of sp³-hybridized carbons (Fsp3) is 0.667. The Balaban J connectivity index is 2.31. The summed E-state index contributed by atoms with van der Waals surface area (Å²) in [4.78, 5) is 22.0. The molecule has 0 unspecified atom stereocenters. The predicted molar refractivity (Wildman–Crippen MR) is 33.8 cm³/mol. The van der Waals surface area contributed by atoms with Crippen molar-refractivity contribution in [3.8, 4) is 0 Å². The van der Waals surface area contributed by atoms with E-state index in [9.17, 15) is 9.59 Å². The van der Waals surface area contributed by atoms with Crippen molar-refractivity contribution in [2.75, 3.05) is 13.1 Å². The summed E-state index contributed by atoms with van der Waals surface area (Å²) in [6, 6.07) is 0. The summed E-state index contributed by atoms with van der Waals surface area (Å²) in [5.74, 6) is 0.0357. The molecule has 0 atom stereocenters. The van der Waals surface area contributed by atoms with Crippen LogP contribution in [0.4, 0.5) is 4.79 Å². The van der Waals surface area contributed by atoms with E-state index in [1.807, 2.05) is 0 Å². The Morgan fingerprint density at radius 2 is 2.00 bits per heavy atom. The summed E-state index contributed by atoms with van der Waals surface area (Å²) >= 11 is 0. The maximum absolute atomic E-state index is 10.6. The molecule has 0 aromatic carbocycles. The number of ketones is 1. The third kappa shape index (κ3) is 1.10. The topological polar surface area (TPSA) is 57.6 Å². The molecule has 0 saturated carbocycles. The van der Waals surface area contributed by atoms with E-state index in [1.54, 1.807) is 0 Å². The zero-order valence-corrected chi connectivity index (χ0v) is 5.70. The van der Waals surface area contributed by atoms with E-state index >= 15 is 0 Å². The highest BCUT2D eigenvalue weighted by molar-refractivity contribution is 5.81. The standard InChI is InChI=1S/C6H9NO3/c1-4(8)5-2-7(3-5)6(9)10/h5H,2-3H2,1H3,(H,9,10). The summed E-state index contributed by atoms with van der Waals surface area (Å²) in [7, 11) is 0. The van der Waals surface area contributed by atoms with Crippen molar-refractivity contribution < 1.29 is 14.7 Å². The number of rotatable bonds is 1. The van der Waals surface area contributed by atoms with E-state index in [4.69, 9.17) is 5.11 Å². The van der Waals surface area contributed by atoms with Gasteiger partial charge in [-0.25, -0.2) is 4.79 Å². The molecule has 1 N–H and O–H groups in total. The van der Waals surface area contributed by atoms with Crippen LogP contribution in [0.2, 0.25) is 0 Å². The molecule has 1 aliphatic rings. The van der Waals surface area contributed by atoms with Crippen molar-refractivity contribution in [3.05, 3.63) is 0 Å². The second-order valence-electron chi connectivity index (χ2n) is 2.50. The Morgan fingerprint density at radius 1 is 1.50 bits per heavy atom. The van der Waals surface area contributed by atoms with Gasteiger partial charge in [-0.3, -0.25) is 4.79 Å². The van der Waals surface area contributed by atoms with Gasteiger partial charge >= 0.3 is 6.09 Å². The first-order chi connectivity index (χ1) is 4.61. The zero-order chi connectivity index (χ0) is 7.72. The lowest BCUT2D eigenvalue weighted by Crippen LogP contribution is -2.51. The van der Waals surface area contributed by atoms with Crippen LogP contribution in [0.15, 0.2) is 0 Å². The molecule has 1 rings (SSSR count). The maximum atomic E-state index is 10.6. The lowest BCUT2D eigenvalue weighted by molar-refractivity contribution is -0.124. The fourth-order valence-electron chi connectivity index (χ4n) is 0.892. The van der Waals surface area contributed by atoms with E-state index in [-0.39, 0.29) is 11.7 Å². The molecule has 0 aromatic heterocycles. The second kappa shape index (κ2) is 2.28. The number of hydrogen-bond acceptors (Lipinski definition) is 2. The van der Waals surface area contributed by atoms with E-state index < -0.39 is 6.09 Å².